The Morgan fingerprint density at radius 2 is 1.90 bits per heavy atom. The molecule has 0 radical (unpaired) electrons. The molecule has 2 N–H and O–H groups in total. The SMILES string of the molecule is CCCCCC1NC(=O)C2=C(C=CC3N=C(Nc4c(Cl)cccc4Cl)N(C)C23)N1C. The molecule has 0 bridgehead atoms. The number of amides is 1. The quantitative estimate of drug-likeness (QED) is 0.662. The molecule has 1 aromatic rings. The summed E-state index contributed by atoms with van der Waals surface area (Å²) in [4.78, 5) is 22.1. The monoisotopic (exact) mass is 447 g/mol. The average Bonchev–Trinajstić information content (AvgIpc) is 3.04. The number of fused-ring (bicyclic) bond motifs is 2. The van der Waals surface area contributed by atoms with Crippen molar-refractivity contribution in [3.05, 3.63) is 51.7 Å². The van der Waals surface area contributed by atoms with E-state index in [0.29, 0.717) is 21.7 Å². The number of likely N-dealkylation sites (N-methyl/N-ethyl adjacent to an activating group) is 2. The number of para-hydroxylation sites is 1. The molecule has 1 aliphatic carbocycles. The summed E-state index contributed by atoms with van der Waals surface area (Å²) in [6.45, 7) is 2.19. The standard InChI is InChI=1S/C22H27Cl2N5O/c1-4-5-6-10-17-26-21(30)18-16(28(17)2)12-11-15-20(18)29(3)22(25-15)27-19-13(23)8-7-9-14(19)24/h7-9,11-12,15,17,20H,4-6,10H2,1-3H3,(H,25,27)(H,26,30). The highest BCUT2D eigenvalue weighted by Crippen LogP contribution is 2.36. The maximum absolute atomic E-state index is 13.1. The van der Waals surface area contributed by atoms with Crippen LogP contribution >= 0.6 is 23.2 Å². The fraction of sp³-hybridized carbons (Fsp3) is 0.455. The molecule has 3 atom stereocenters. The van der Waals surface area contributed by atoms with Crippen molar-refractivity contribution < 1.29 is 4.79 Å². The Labute approximate surface area is 187 Å². The van der Waals surface area contributed by atoms with Crippen molar-refractivity contribution in [2.24, 2.45) is 4.99 Å². The first-order chi connectivity index (χ1) is 14.4. The molecular weight excluding hydrogens is 421 g/mol. The number of carbonyl (C=O) groups is 1. The molecule has 0 saturated heterocycles. The number of nitrogens with one attached hydrogen (secondary N) is 2. The Hall–Kier alpha value is -2.18. The van der Waals surface area contributed by atoms with Gasteiger partial charge in [0.05, 0.1) is 33.4 Å². The number of anilines is 1. The maximum Gasteiger partial charge on any atom is 0.253 e. The molecule has 6 nitrogen and oxygen atoms in total. The molecule has 30 heavy (non-hydrogen) atoms. The summed E-state index contributed by atoms with van der Waals surface area (Å²) in [5, 5.41) is 7.50. The average molecular weight is 448 g/mol. The zero-order chi connectivity index (χ0) is 21.4. The molecule has 0 saturated carbocycles. The van der Waals surface area contributed by atoms with Crippen LogP contribution in [0.5, 0.6) is 0 Å². The molecule has 0 fully saturated rings. The number of rotatable bonds is 5. The molecule has 4 rings (SSSR count). The molecular formula is C22H27Cl2N5O. The van der Waals surface area contributed by atoms with Crippen molar-refractivity contribution in [1.82, 2.24) is 15.1 Å². The van der Waals surface area contributed by atoms with Gasteiger partial charge in [0.2, 0.25) is 0 Å². The van der Waals surface area contributed by atoms with Crippen molar-refractivity contribution in [1.29, 1.82) is 0 Å². The summed E-state index contributed by atoms with van der Waals surface area (Å²) in [7, 11) is 3.99. The van der Waals surface area contributed by atoms with Crippen molar-refractivity contribution in [2.45, 2.75) is 50.9 Å². The fourth-order valence-electron chi connectivity index (χ4n) is 4.36. The third-order valence-corrected chi connectivity index (χ3v) is 6.67. The Morgan fingerprint density at radius 1 is 1.17 bits per heavy atom. The predicted molar refractivity (Wildman–Crippen MR) is 123 cm³/mol. The Balaban J connectivity index is 1.58. The van der Waals surface area contributed by atoms with Crippen LogP contribution in [0, 0.1) is 0 Å². The van der Waals surface area contributed by atoms with Crippen LogP contribution in [0.4, 0.5) is 5.69 Å². The van der Waals surface area contributed by atoms with Crippen LogP contribution in [0.15, 0.2) is 46.6 Å². The van der Waals surface area contributed by atoms with Gasteiger partial charge in [-0.2, -0.15) is 0 Å². The van der Waals surface area contributed by atoms with E-state index >= 15 is 0 Å². The van der Waals surface area contributed by atoms with E-state index in [0.717, 1.165) is 30.5 Å². The number of nitrogens with zero attached hydrogens (tertiary/aromatic N) is 3. The van der Waals surface area contributed by atoms with E-state index in [2.05, 4.69) is 35.6 Å². The second kappa shape index (κ2) is 8.52. The molecule has 8 heteroatoms. The van der Waals surface area contributed by atoms with Crippen molar-refractivity contribution in [3.63, 3.8) is 0 Å². The Bertz CT molecular complexity index is 921. The minimum Gasteiger partial charge on any atom is -0.354 e. The number of aliphatic imine (C=N–C) groups is 1. The molecule has 1 amide bonds. The molecule has 3 aliphatic rings. The van der Waals surface area contributed by atoms with Crippen molar-refractivity contribution in [3.8, 4) is 0 Å². The van der Waals surface area contributed by atoms with Gasteiger partial charge in [0, 0.05) is 19.8 Å². The van der Waals surface area contributed by atoms with Crippen LogP contribution in [0.25, 0.3) is 0 Å². The second-order valence-corrected chi connectivity index (χ2v) is 8.79. The number of guanidine groups is 1. The maximum atomic E-state index is 13.1. The fourth-order valence-corrected chi connectivity index (χ4v) is 4.85. The van der Waals surface area contributed by atoms with Crippen molar-refractivity contribution in [2.75, 3.05) is 19.4 Å². The minimum atomic E-state index is -0.173. The predicted octanol–water partition coefficient (Wildman–Crippen LogP) is 4.24. The number of allylic oxidation sites excluding steroid dienone is 1. The largest absolute Gasteiger partial charge is 0.354 e. The molecule has 0 aromatic heterocycles. The number of hydrogen-bond acceptors (Lipinski definition) is 5. The van der Waals surface area contributed by atoms with E-state index in [9.17, 15) is 4.79 Å². The topological polar surface area (TPSA) is 60.0 Å². The zero-order valence-corrected chi connectivity index (χ0v) is 19.0. The Morgan fingerprint density at radius 3 is 2.60 bits per heavy atom. The van der Waals surface area contributed by atoms with Gasteiger partial charge in [0.1, 0.15) is 6.17 Å². The number of carbonyl (C=O) groups excluding carboxylic acids is 1. The van der Waals surface area contributed by atoms with E-state index in [-0.39, 0.29) is 24.2 Å². The molecule has 3 unspecified atom stereocenters. The van der Waals surface area contributed by atoms with E-state index in [1.165, 1.54) is 6.42 Å². The van der Waals surface area contributed by atoms with Gasteiger partial charge in [0.15, 0.2) is 5.96 Å². The smallest absolute Gasteiger partial charge is 0.253 e. The van der Waals surface area contributed by atoms with E-state index < -0.39 is 0 Å². The van der Waals surface area contributed by atoms with E-state index in [4.69, 9.17) is 28.2 Å². The van der Waals surface area contributed by atoms with Crippen molar-refractivity contribution >= 4 is 40.8 Å². The van der Waals surface area contributed by atoms with E-state index in [1.54, 1.807) is 18.2 Å². The molecule has 1 aromatic carbocycles. The summed E-state index contributed by atoms with van der Waals surface area (Å²) in [5.74, 6) is 0.627. The lowest BCUT2D eigenvalue weighted by atomic mass is 9.89. The lowest BCUT2D eigenvalue weighted by Crippen LogP contribution is -2.56. The van der Waals surface area contributed by atoms with Crippen LogP contribution in [0.3, 0.4) is 0 Å². The minimum absolute atomic E-state index is 0.0111. The third kappa shape index (κ3) is 3.67. The first-order valence-electron chi connectivity index (χ1n) is 10.4. The summed E-state index contributed by atoms with van der Waals surface area (Å²) < 4.78 is 0. The van der Waals surface area contributed by atoms with Gasteiger partial charge in [-0.05, 0) is 31.1 Å². The summed E-state index contributed by atoms with van der Waals surface area (Å²) in [6.07, 6.45) is 8.50. The Kier molecular flexibility index (Phi) is 5.98. The van der Waals surface area contributed by atoms with Gasteiger partial charge in [-0.25, -0.2) is 4.99 Å². The normalized spacial score (nSPS) is 25.2. The zero-order valence-electron chi connectivity index (χ0n) is 17.5. The molecule has 2 aliphatic heterocycles. The van der Waals surface area contributed by atoms with Crippen LogP contribution in [-0.4, -0.2) is 54.0 Å². The first-order valence-corrected chi connectivity index (χ1v) is 11.2. The highest BCUT2D eigenvalue weighted by atomic mass is 35.5. The highest BCUT2D eigenvalue weighted by molar-refractivity contribution is 6.39. The van der Waals surface area contributed by atoms with Crippen LogP contribution in [-0.2, 0) is 4.79 Å². The lowest BCUT2D eigenvalue weighted by molar-refractivity contribution is -0.121. The third-order valence-electron chi connectivity index (χ3n) is 6.04. The van der Waals surface area contributed by atoms with Crippen LogP contribution in [0.1, 0.15) is 32.6 Å². The van der Waals surface area contributed by atoms with Gasteiger partial charge < -0.3 is 20.4 Å². The van der Waals surface area contributed by atoms with Gasteiger partial charge in [-0.1, -0.05) is 55.1 Å². The van der Waals surface area contributed by atoms with Gasteiger partial charge in [-0.15, -0.1) is 0 Å². The number of halogens is 2. The summed E-state index contributed by atoms with van der Waals surface area (Å²) >= 11 is 12.6. The summed E-state index contributed by atoms with van der Waals surface area (Å²) in [5.41, 5.74) is 2.34. The van der Waals surface area contributed by atoms with Gasteiger partial charge >= 0.3 is 0 Å². The van der Waals surface area contributed by atoms with E-state index in [1.807, 2.05) is 18.0 Å². The van der Waals surface area contributed by atoms with Gasteiger partial charge in [0.25, 0.3) is 5.91 Å². The number of benzene rings is 1. The highest BCUT2D eigenvalue weighted by Gasteiger charge is 2.44. The molecule has 160 valence electrons. The number of unbranched alkanes of at least 4 members (excludes halogenated alkanes) is 2. The summed E-state index contributed by atoms with van der Waals surface area (Å²) in [6, 6.07) is 5.04. The van der Waals surface area contributed by atoms with Crippen LogP contribution < -0.4 is 10.6 Å². The molecule has 0 spiro atoms. The lowest BCUT2D eigenvalue weighted by Gasteiger charge is -2.42. The number of hydrogen-bond donors (Lipinski definition) is 2. The second-order valence-electron chi connectivity index (χ2n) is 7.97. The van der Waals surface area contributed by atoms with Gasteiger partial charge in [-0.3, -0.25) is 4.79 Å². The van der Waals surface area contributed by atoms with Crippen LogP contribution in [0.2, 0.25) is 10.0 Å². The first kappa shape index (κ1) is 21.1. The molecule has 2 heterocycles.